The molecule has 3 rings (SSSR count). The van der Waals surface area contributed by atoms with Crippen LogP contribution in [-0.2, 0) is 9.59 Å². The summed E-state index contributed by atoms with van der Waals surface area (Å²) >= 11 is 0. The average Bonchev–Trinajstić information content (AvgIpc) is 2.85. The summed E-state index contributed by atoms with van der Waals surface area (Å²) < 4.78 is 11.3. The largest absolute Gasteiger partial charge is 0.490 e. The minimum atomic E-state index is -0.508. The lowest BCUT2D eigenvalue weighted by molar-refractivity contribution is -0.118. The number of ether oxygens (including phenoxy) is 2. The Morgan fingerprint density at radius 1 is 0.861 bits per heavy atom. The lowest BCUT2D eigenvalue weighted by Crippen LogP contribution is -2.20. The third kappa shape index (κ3) is 7.21. The maximum Gasteiger partial charge on any atom is 0.266 e. The quantitative estimate of drug-likeness (QED) is 0.306. The van der Waals surface area contributed by atoms with Crippen LogP contribution in [0.2, 0.25) is 0 Å². The van der Waals surface area contributed by atoms with Crippen LogP contribution >= 0.6 is 0 Å². The van der Waals surface area contributed by atoms with Gasteiger partial charge >= 0.3 is 0 Å². The van der Waals surface area contributed by atoms with Gasteiger partial charge in [0, 0.05) is 11.4 Å². The highest BCUT2D eigenvalue weighted by atomic mass is 16.5. The Morgan fingerprint density at radius 2 is 1.58 bits per heavy atom. The standard InChI is InChI=1S/C29H29N3O4/c1-5-35-27-16-22(15-23(17-30)29(34)32-25-12-8-20(3)21(4)14-25)9-13-26(27)36-18-28(33)31-24-10-6-19(2)7-11-24/h6-16H,5,18H2,1-4H3,(H,31,33)(H,32,34)/b23-15-. The number of hydrogen-bond donors (Lipinski definition) is 2. The van der Waals surface area contributed by atoms with E-state index in [-0.39, 0.29) is 18.1 Å². The molecular formula is C29H29N3O4. The molecule has 0 saturated heterocycles. The molecule has 36 heavy (non-hydrogen) atoms. The Hall–Kier alpha value is -4.57. The third-order valence-electron chi connectivity index (χ3n) is 5.40. The van der Waals surface area contributed by atoms with E-state index in [2.05, 4.69) is 10.6 Å². The summed E-state index contributed by atoms with van der Waals surface area (Å²) in [7, 11) is 0. The number of anilines is 2. The van der Waals surface area contributed by atoms with Gasteiger partial charge in [-0.05, 0) is 86.9 Å². The van der Waals surface area contributed by atoms with Crippen molar-refractivity contribution in [2.24, 2.45) is 0 Å². The van der Waals surface area contributed by atoms with Crippen molar-refractivity contribution < 1.29 is 19.1 Å². The second-order valence-electron chi connectivity index (χ2n) is 8.27. The number of rotatable bonds is 9. The van der Waals surface area contributed by atoms with Gasteiger partial charge in [-0.1, -0.05) is 29.8 Å². The van der Waals surface area contributed by atoms with Crippen LogP contribution in [0, 0.1) is 32.1 Å². The Labute approximate surface area is 211 Å². The third-order valence-corrected chi connectivity index (χ3v) is 5.40. The van der Waals surface area contributed by atoms with Crippen LogP contribution < -0.4 is 20.1 Å². The number of hydrogen-bond acceptors (Lipinski definition) is 5. The lowest BCUT2D eigenvalue weighted by atomic mass is 10.1. The van der Waals surface area contributed by atoms with E-state index in [9.17, 15) is 14.9 Å². The number of nitrogens with one attached hydrogen (secondary N) is 2. The smallest absolute Gasteiger partial charge is 0.266 e. The molecular weight excluding hydrogens is 454 g/mol. The molecule has 2 N–H and O–H groups in total. The summed E-state index contributed by atoms with van der Waals surface area (Å²) in [6.07, 6.45) is 1.48. The molecule has 0 radical (unpaired) electrons. The summed E-state index contributed by atoms with van der Waals surface area (Å²) in [5.41, 5.74) is 5.09. The second-order valence-corrected chi connectivity index (χ2v) is 8.27. The van der Waals surface area contributed by atoms with Crippen LogP contribution in [0.5, 0.6) is 11.5 Å². The van der Waals surface area contributed by atoms with E-state index in [1.54, 1.807) is 24.3 Å². The van der Waals surface area contributed by atoms with E-state index in [1.807, 2.05) is 70.2 Å². The zero-order chi connectivity index (χ0) is 26.1. The number of carbonyl (C=O) groups is 2. The van der Waals surface area contributed by atoms with E-state index in [1.165, 1.54) is 6.08 Å². The molecule has 0 aromatic heterocycles. The SMILES string of the molecule is CCOc1cc(/C=C(/C#N)C(=O)Nc2ccc(C)c(C)c2)ccc1OCC(=O)Nc1ccc(C)cc1. The first kappa shape index (κ1) is 26.0. The van der Waals surface area contributed by atoms with E-state index < -0.39 is 5.91 Å². The first-order chi connectivity index (χ1) is 17.3. The van der Waals surface area contributed by atoms with Crippen LogP contribution in [0.1, 0.15) is 29.2 Å². The topological polar surface area (TPSA) is 100 Å². The van der Waals surface area contributed by atoms with Gasteiger partial charge in [0.15, 0.2) is 18.1 Å². The molecule has 3 aromatic rings. The maximum absolute atomic E-state index is 12.7. The monoisotopic (exact) mass is 483 g/mol. The molecule has 2 amide bonds. The number of nitriles is 1. The maximum atomic E-state index is 12.7. The molecule has 0 bridgehead atoms. The van der Waals surface area contributed by atoms with Gasteiger partial charge in [-0.25, -0.2) is 0 Å². The van der Waals surface area contributed by atoms with Crippen LogP contribution in [0.4, 0.5) is 11.4 Å². The zero-order valence-corrected chi connectivity index (χ0v) is 20.8. The summed E-state index contributed by atoms with van der Waals surface area (Å²) in [5.74, 6) is -0.0285. The highest BCUT2D eigenvalue weighted by Crippen LogP contribution is 2.29. The Morgan fingerprint density at radius 3 is 2.25 bits per heavy atom. The van der Waals surface area contributed by atoms with Gasteiger partial charge in [0.2, 0.25) is 0 Å². The second kappa shape index (κ2) is 12.2. The summed E-state index contributed by atoms with van der Waals surface area (Å²) in [5, 5.41) is 15.1. The number of aryl methyl sites for hydroxylation is 3. The first-order valence-corrected chi connectivity index (χ1v) is 11.6. The van der Waals surface area contributed by atoms with Crippen molar-refractivity contribution in [3.63, 3.8) is 0 Å². The fourth-order valence-corrected chi connectivity index (χ4v) is 3.31. The molecule has 0 saturated carbocycles. The van der Waals surface area contributed by atoms with Crippen molar-refractivity contribution in [2.45, 2.75) is 27.7 Å². The van der Waals surface area contributed by atoms with Crippen molar-refractivity contribution in [2.75, 3.05) is 23.8 Å². The van der Waals surface area contributed by atoms with E-state index in [4.69, 9.17) is 9.47 Å². The van der Waals surface area contributed by atoms with Gasteiger partial charge in [0.05, 0.1) is 6.61 Å². The van der Waals surface area contributed by atoms with Crippen LogP contribution in [0.3, 0.4) is 0 Å². The van der Waals surface area contributed by atoms with Crippen molar-refractivity contribution in [1.29, 1.82) is 5.26 Å². The minimum Gasteiger partial charge on any atom is -0.490 e. The lowest BCUT2D eigenvalue weighted by Gasteiger charge is -2.13. The first-order valence-electron chi connectivity index (χ1n) is 11.6. The predicted molar refractivity (Wildman–Crippen MR) is 141 cm³/mol. The van der Waals surface area contributed by atoms with Gasteiger partial charge in [-0.2, -0.15) is 5.26 Å². The summed E-state index contributed by atoms with van der Waals surface area (Å²) in [4.78, 5) is 25.0. The highest BCUT2D eigenvalue weighted by Gasteiger charge is 2.13. The van der Waals surface area contributed by atoms with Crippen molar-refractivity contribution >= 4 is 29.3 Å². The Kier molecular flexibility index (Phi) is 8.84. The van der Waals surface area contributed by atoms with Gasteiger partial charge < -0.3 is 20.1 Å². The number of nitrogens with zero attached hydrogens (tertiary/aromatic N) is 1. The average molecular weight is 484 g/mol. The molecule has 3 aromatic carbocycles. The molecule has 0 unspecified atom stereocenters. The molecule has 0 atom stereocenters. The number of amides is 2. The molecule has 0 aliphatic heterocycles. The predicted octanol–water partition coefficient (Wildman–Crippen LogP) is 5.57. The van der Waals surface area contributed by atoms with Crippen LogP contribution in [-0.4, -0.2) is 25.0 Å². The fourth-order valence-electron chi connectivity index (χ4n) is 3.31. The number of carbonyl (C=O) groups excluding carboxylic acids is 2. The van der Waals surface area contributed by atoms with Gasteiger partial charge in [-0.3, -0.25) is 9.59 Å². The Bertz CT molecular complexity index is 1320. The van der Waals surface area contributed by atoms with Crippen molar-refractivity contribution in [1.82, 2.24) is 0 Å². The Balaban J connectivity index is 1.71. The van der Waals surface area contributed by atoms with Crippen molar-refractivity contribution in [3.05, 3.63) is 88.5 Å². The van der Waals surface area contributed by atoms with Gasteiger partial charge in [-0.15, -0.1) is 0 Å². The molecule has 7 heteroatoms. The molecule has 0 fully saturated rings. The molecule has 0 heterocycles. The normalized spacial score (nSPS) is 10.8. The van der Waals surface area contributed by atoms with Crippen LogP contribution in [0.25, 0.3) is 6.08 Å². The van der Waals surface area contributed by atoms with E-state index in [0.29, 0.717) is 35.0 Å². The molecule has 0 aliphatic rings. The van der Waals surface area contributed by atoms with Gasteiger partial charge in [0.1, 0.15) is 11.6 Å². The number of benzene rings is 3. The van der Waals surface area contributed by atoms with Gasteiger partial charge in [0.25, 0.3) is 11.8 Å². The van der Waals surface area contributed by atoms with Crippen molar-refractivity contribution in [3.8, 4) is 17.6 Å². The summed E-state index contributed by atoms with van der Waals surface area (Å²) in [6, 6.07) is 20.0. The fraction of sp³-hybridized carbons (Fsp3) is 0.207. The molecule has 7 nitrogen and oxygen atoms in total. The molecule has 0 aliphatic carbocycles. The highest BCUT2D eigenvalue weighted by molar-refractivity contribution is 6.09. The molecule has 0 spiro atoms. The minimum absolute atomic E-state index is 0.0539. The summed E-state index contributed by atoms with van der Waals surface area (Å²) in [6.45, 7) is 7.91. The van der Waals surface area contributed by atoms with E-state index in [0.717, 1.165) is 16.7 Å². The molecule has 184 valence electrons. The van der Waals surface area contributed by atoms with E-state index >= 15 is 0 Å². The van der Waals surface area contributed by atoms with Crippen LogP contribution in [0.15, 0.2) is 66.2 Å². The zero-order valence-electron chi connectivity index (χ0n) is 20.8.